The SMILES string of the molecule is Cc1cc(C)cc(-n2c(SCc3cc(C)on3)nc3ccccc3c2=O)c1. The zero-order chi connectivity index (χ0) is 19.0. The molecule has 0 unspecified atom stereocenters. The lowest BCUT2D eigenvalue weighted by molar-refractivity contribution is 0.393. The van der Waals surface area contributed by atoms with E-state index in [1.165, 1.54) is 11.8 Å². The van der Waals surface area contributed by atoms with Gasteiger partial charge in [0.15, 0.2) is 5.16 Å². The van der Waals surface area contributed by atoms with E-state index in [9.17, 15) is 4.79 Å². The summed E-state index contributed by atoms with van der Waals surface area (Å²) < 4.78 is 6.84. The summed E-state index contributed by atoms with van der Waals surface area (Å²) in [6.45, 7) is 5.92. The normalized spacial score (nSPS) is 11.2. The van der Waals surface area contributed by atoms with E-state index in [1.807, 2.05) is 63.2 Å². The average molecular weight is 377 g/mol. The fourth-order valence-electron chi connectivity index (χ4n) is 3.14. The highest BCUT2D eigenvalue weighted by atomic mass is 32.2. The molecule has 0 radical (unpaired) electrons. The van der Waals surface area contributed by atoms with Gasteiger partial charge in [-0.05, 0) is 56.2 Å². The number of aryl methyl sites for hydroxylation is 3. The van der Waals surface area contributed by atoms with Gasteiger partial charge in [0.25, 0.3) is 5.56 Å². The number of para-hydroxylation sites is 1. The Bertz CT molecular complexity index is 1170. The molecule has 0 bridgehead atoms. The van der Waals surface area contributed by atoms with Crippen molar-refractivity contribution in [2.24, 2.45) is 0 Å². The molecule has 0 saturated carbocycles. The summed E-state index contributed by atoms with van der Waals surface area (Å²) in [6.07, 6.45) is 0. The molecule has 27 heavy (non-hydrogen) atoms. The third-order valence-corrected chi connectivity index (χ3v) is 5.21. The molecule has 4 rings (SSSR count). The number of benzene rings is 2. The molecule has 2 aromatic carbocycles. The average Bonchev–Trinajstić information content (AvgIpc) is 3.04. The molecular weight excluding hydrogens is 358 g/mol. The molecule has 2 heterocycles. The van der Waals surface area contributed by atoms with Crippen LogP contribution in [0.25, 0.3) is 16.6 Å². The lowest BCUT2D eigenvalue weighted by atomic mass is 10.1. The van der Waals surface area contributed by atoms with Crippen molar-refractivity contribution in [1.82, 2.24) is 14.7 Å². The Morgan fingerprint density at radius 1 is 1.04 bits per heavy atom. The van der Waals surface area contributed by atoms with Gasteiger partial charge in [-0.3, -0.25) is 9.36 Å². The van der Waals surface area contributed by atoms with Crippen LogP contribution in [0, 0.1) is 20.8 Å². The maximum Gasteiger partial charge on any atom is 0.266 e. The summed E-state index contributed by atoms with van der Waals surface area (Å²) in [5.74, 6) is 1.34. The number of nitrogens with zero attached hydrogens (tertiary/aromatic N) is 3. The maximum atomic E-state index is 13.3. The van der Waals surface area contributed by atoms with Crippen molar-refractivity contribution in [2.75, 3.05) is 0 Å². The number of hydrogen-bond donors (Lipinski definition) is 0. The summed E-state index contributed by atoms with van der Waals surface area (Å²) in [5.41, 5.74) is 4.49. The number of hydrogen-bond acceptors (Lipinski definition) is 5. The van der Waals surface area contributed by atoms with E-state index < -0.39 is 0 Å². The molecule has 136 valence electrons. The summed E-state index contributed by atoms with van der Waals surface area (Å²) in [5, 5.41) is 5.29. The van der Waals surface area contributed by atoms with Gasteiger partial charge in [-0.1, -0.05) is 35.1 Å². The first-order valence-corrected chi connectivity index (χ1v) is 9.65. The Kier molecular flexibility index (Phi) is 4.58. The highest BCUT2D eigenvalue weighted by molar-refractivity contribution is 7.98. The van der Waals surface area contributed by atoms with Gasteiger partial charge >= 0.3 is 0 Å². The molecule has 0 aliphatic rings. The summed E-state index contributed by atoms with van der Waals surface area (Å²) in [7, 11) is 0. The van der Waals surface area contributed by atoms with Crippen LogP contribution < -0.4 is 5.56 Å². The van der Waals surface area contributed by atoms with Crippen molar-refractivity contribution >= 4 is 22.7 Å². The highest BCUT2D eigenvalue weighted by Crippen LogP contribution is 2.25. The molecule has 0 aliphatic carbocycles. The van der Waals surface area contributed by atoms with Crippen LogP contribution in [0.3, 0.4) is 0 Å². The minimum Gasteiger partial charge on any atom is -0.361 e. The smallest absolute Gasteiger partial charge is 0.266 e. The molecule has 0 atom stereocenters. The van der Waals surface area contributed by atoms with Crippen molar-refractivity contribution in [3.63, 3.8) is 0 Å². The summed E-state index contributed by atoms with van der Waals surface area (Å²) in [6, 6.07) is 15.4. The van der Waals surface area contributed by atoms with Crippen LogP contribution >= 0.6 is 11.8 Å². The molecule has 0 amide bonds. The van der Waals surface area contributed by atoms with Crippen molar-refractivity contribution < 1.29 is 4.52 Å². The van der Waals surface area contributed by atoms with Gasteiger partial charge < -0.3 is 4.52 Å². The fraction of sp³-hybridized carbons (Fsp3) is 0.190. The van der Waals surface area contributed by atoms with E-state index >= 15 is 0 Å². The first-order valence-electron chi connectivity index (χ1n) is 8.67. The lowest BCUT2D eigenvalue weighted by Crippen LogP contribution is -2.22. The quantitative estimate of drug-likeness (QED) is 0.384. The Balaban J connectivity index is 1.88. The summed E-state index contributed by atoms with van der Waals surface area (Å²) in [4.78, 5) is 18.0. The number of fused-ring (bicyclic) bond motifs is 1. The van der Waals surface area contributed by atoms with Gasteiger partial charge in [-0.25, -0.2) is 4.98 Å². The standard InChI is InChI=1S/C21H19N3O2S/c1-13-8-14(2)10-17(9-13)24-20(25)18-6-4-5-7-19(18)22-21(24)27-12-16-11-15(3)26-23-16/h4-11H,12H2,1-3H3. The maximum absolute atomic E-state index is 13.3. The molecule has 0 saturated heterocycles. The molecule has 5 nitrogen and oxygen atoms in total. The largest absolute Gasteiger partial charge is 0.361 e. The predicted molar refractivity (Wildman–Crippen MR) is 108 cm³/mol. The minimum atomic E-state index is -0.0653. The van der Waals surface area contributed by atoms with Crippen molar-refractivity contribution in [3.05, 3.63) is 81.5 Å². The molecule has 2 aromatic heterocycles. The van der Waals surface area contributed by atoms with Gasteiger partial charge in [0.2, 0.25) is 0 Å². The Morgan fingerprint density at radius 2 is 1.78 bits per heavy atom. The fourth-order valence-corrected chi connectivity index (χ4v) is 4.03. The molecular formula is C21H19N3O2S. The van der Waals surface area contributed by atoms with Gasteiger partial charge in [0.1, 0.15) is 5.76 Å². The zero-order valence-corrected chi connectivity index (χ0v) is 16.2. The third kappa shape index (κ3) is 3.53. The van der Waals surface area contributed by atoms with E-state index in [0.717, 1.165) is 28.3 Å². The topological polar surface area (TPSA) is 60.9 Å². The van der Waals surface area contributed by atoms with Crippen molar-refractivity contribution in [2.45, 2.75) is 31.7 Å². The molecule has 0 N–H and O–H groups in total. The Morgan fingerprint density at radius 3 is 2.48 bits per heavy atom. The third-order valence-electron chi connectivity index (χ3n) is 4.24. The van der Waals surface area contributed by atoms with Crippen LogP contribution in [-0.4, -0.2) is 14.7 Å². The van der Waals surface area contributed by atoms with Gasteiger partial charge in [-0.15, -0.1) is 0 Å². The second-order valence-electron chi connectivity index (χ2n) is 6.62. The minimum absolute atomic E-state index is 0.0653. The zero-order valence-electron chi connectivity index (χ0n) is 15.4. The van der Waals surface area contributed by atoms with Crippen LogP contribution in [0.5, 0.6) is 0 Å². The van der Waals surface area contributed by atoms with E-state index in [4.69, 9.17) is 9.51 Å². The molecule has 4 aromatic rings. The van der Waals surface area contributed by atoms with E-state index in [0.29, 0.717) is 21.8 Å². The monoisotopic (exact) mass is 377 g/mol. The number of thioether (sulfide) groups is 1. The van der Waals surface area contributed by atoms with Crippen molar-refractivity contribution in [1.29, 1.82) is 0 Å². The van der Waals surface area contributed by atoms with Gasteiger partial charge in [0, 0.05) is 11.8 Å². The van der Waals surface area contributed by atoms with Crippen LogP contribution in [-0.2, 0) is 5.75 Å². The van der Waals surface area contributed by atoms with E-state index in [-0.39, 0.29) is 5.56 Å². The van der Waals surface area contributed by atoms with Crippen LogP contribution in [0.15, 0.2) is 63.0 Å². The number of rotatable bonds is 4. The van der Waals surface area contributed by atoms with Gasteiger partial charge in [-0.2, -0.15) is 0 Å². The molecule has 0 aliphatic heterocycles. The van der Waals surface area contributed by atoms with Crippen LogP contribution in [0.1, 0.15) is 22.6 Å². The first kappa shape index (κ1) is 17.5. The predicted octanol–water partition coefficient (Wildman–Crippen LogP) is 4.59. The molecule has 0 spiro atoms. The molecule has 6 heteroatoms. The van der Waals surface area contributed by atoms with Gasteiger partial charge in [0.05, 0.1) is 22.3 Å². The second-order valence-corrected chi connectivity index (χ2v) is 7.56. The second kappa shape index (κ2) is 7.04. The molecule has 0 fully saturated rings. The first-order chi connectivity index (χ1) is 13.0. The highest BCUT2D eigenvalue weighted by Gasteiger charge is 2.14. The Labute approximate surface area is 161 Å². The van der Waals surface area contributed by atoms with Crippen molar-refractivity contribution in [3.8, 4) is 5.69 Å². The number of aromatic nitrogens is 3. The van der Waals surface area contributed by atoms with Crippen LogP contribution in [0.4, 0.5) is 0 Å². The van der Waals surface area contributed by atoms with Crippen LogP contribution in [0.2, 0.25) is 0 Å². The lowest BCUT2D eigenvalue weighted by Gasteiger charge is -2.14. The Hall–Kier alpha value is -2.86. The summed E-state index contributed by atoms with van der Waals surface area (Å²) >= 11 is 1.48. The van der Waals surface area contributed by atoms with E-state index in [2.05, 4.69) is 11.2 Å². The van der Waals surface area contributed by atoms with E-state index in [1.54, 1.807) is 4.57 Å².